The van der Waals surface area contributed by atoms with Crippen molar-refractivity contribution < 1.29 is 138 Å². The average molecular weight is 1260 g/mol. The Morgan fingerprint density at radius 2 is 0.833 bits per heavy atom. The van der Waals surface area contributed by atoms with Crippen LogP contribution >= 0.6 is 0 Å². The molecule has 2 heterocycles. The molecule has 0 saturated carbocycles. The zero-order chi connectivity index (χ0) is 63.8. The molecule has 84 heavy (non-hydrogen) atoms. The van der Waals surface area contributed by atoms with Crippen molar-refractivity contribution in [1.82, 2.24) is 10.1 Å². The molecule has 2 aliphatic heterocycles. The molecule has 0 fully saturated rings. The molecule has 456 valence electrons. The normalized spacial score (nSPS) is 14.6. The molecule has 0 N–H and O–H groups in total. The summed E-state index contributed by atoms with van der Waals surface area (Å²) in [6.07, 6.45) is -4.14. The summed E-state index contributed by atoms with van der Waals surface area (Å²) in [5.74, 6) is -33.3. The van der Waals surface area contributed by atoms with Gasteiger partial charge in [-0.2, -0.15) is 91.5 Å². The fourth-order valence-electron chi connectivity index (χ4n) is 7.29. The smallest absolute Gasteiger partial charge is 0.452 e. The van der Waals surface area contributed by atoms with E-state index in [0.717, 1.165) is 49.2 Å². The van der Waals surface area contributed by atoms with Crippen LogP contribution < -0.4 is 0 Å². The number of benzene rings is 4. The molecule has 16 nitrogen and oxygen atoms in total. The van der Waals surface area contributed by atoms with E-state index in [0.29, 0.717) is 12.8 Å². The Kier molecular flexibility index (Phi) is 19.0. The number of rotatable bonds is 19. The van der Waals surface area contributed by atoms with Gasteiger partial charge in [-0.3, -0.25) is 28.8 Å². The highest BCUT2D eigenvalue weighted by atomic mass is 32.2. The lowest BCUT2D eigenvalue weighted by Crippen LogP contribution is -2.64. The number of alkyl halides is 17. The first-order chi connectivity index (χ1) is 38.5. The molecule has 0 spiro atoms. The molecule has 0 bridgehead atoms. The second-order valence-corrected chi connectivity index (χ2v) is 20.6. The van der Waals surface area contributed by atoms with Crippen LogP contribution in [0.1, 0.15) is 112 Å². The molecular formula is C49H35F17N2O14S2. The molecule has 4 amide bonds. The molecule has 0 aliphatic carbocycles. The minimum absolute atomic E-state index is 0.0540. The number of ether oxygens (including phenoxy) is 2. The minimum atomic E-state index is -7.64. The van der Waals surface area contributed by atoms with Gasteiger partial charge in [0.1, 0.15) is 0 Å². The Balaban J connectivity index is 0.000000308. The van der Waals surface area contributed by atoms with E-state index in [9.17, 15) is 120 Å². The number of hydroxylamine groups is 4. The van der Waals surface area contributed by atoms with Gasteiger partial charge in [0, 0.05) is 41.7 Å². The van der Waals surface area contributed by atoms with Gasteiger partial charge >= 0.3 is 78.5 Å². The number of nitrogens with zero attached hydrogens (tertiary/aromatic N) is 2. The zero-order valence-corrected chi connectivity index (χ0v) is 43.9. The molecule has 4 aromatic carbocycles. The number of hydrogen-bond acceptors (Lipinski definition) is 14. The summed E-state index contributed by atoms with van der Waals surface area (Å²) < 4.78 is 294. The van der Waals surface area contributed by atoms with Gasteiger partial charge in [-0.05, 0) is 60.0 Å². The number of esters is 2. The summed E-state index contributed by atoms with van der Waals surface area (Å²) in [5.41, 5.74) is -2.14. The Morgan fingerprint density at radius 1 is 0.476 bits per heavy atom. The van der Waals surface area contributed by atoms with Crippen molar-refractivity contribution >= 4 is 77.3 Å². The van der Waals surface area contributed by atoms with Gasteiger partial charge in [0.2, 0.25) is 0 Å². The van der Waals surface area contributed by atoms with Crippen LogP contribution in [0.4, 0.5) is 74.6 Å². The first kappa shape index (κ1) is 67.2. The van der Waals surface area contributed by atoms with E-state index in [1.165, 1.54) is 24.3 Å². The highest BCUT2D eigenvalue weighted by Gasteiger charge is 2.87. The van der Waals surface area contributed by atoms with Gasteiger partial charge in [0.15, 0.2) is 13.2 Å². The number of imide groups is 2. The number of amides is 4. The van der Waals surface area contributed by atoms with Crippen LogP contribution in [0.15, 0.2) is 60.7 Å². The summed E-state index contributed by atoms with van der Waals surface area (Å²) >= 11 is 0. The summed E-state index contributed by atoms with van der Waals surface area (Å²) in [6.45, 7) is 2.19. The molecule has 0 radical (unpaired) electrons. The van der Waals surface area contributed by atoms with E-state index >= 15 is 0 Å². The van der Waals surface area contributed by atoms with Crippen molar-refractivity contribution in [2.75, 3.05) is 13.2 Å². The van der Waals surface area contributed by atoms with Crippen molar-refractivity contribution in [2.45, 2.75) is 106 Å². The molecule has 0 saturated heterocycles. The number of halogens is 17. The SMILES string of the molecule is CCCC(=O)OCC#Cc1ccc2c3c(cccc13)C(=O)N(OS(=O)(=O)C(F)(F)C(F)(F)C(F)(F)C(F)(F)F)C2=O.CCCCCC(=O)OCC#Cc1ccc2c3c(cccc13)C(=O)N(OS(=O)(=O)C(F)(F)C(F)(F)C(F)(F)C(C)(F)F)C2=O. The van der Waals surface area contributed by atoms with Crippen LogP contribution in [0.25, 0.3) is 21.5 Å². The monoisotopic (exact) mass is 1260 g/mol. The fraction of sp³-hybridized carbons (Fsp3) is 0.388. The summed E-state index contributed by atoms with van der Waals surface area (Å²) in [4.78, 5) is 74.5. The average Bonchev–Trinajstić information content (AvgIpc) is 0.816. The molecule has 4 aromatic rings. The topological polar surface area (TPSA) is 214 Å². The van der Waals surface area contributed by atoms with E-state index < -0.39 is 141 Å². The zero-order valence-electron chi connectivity index (χ0n) is 42.3. The Hall–Kier alpha value is -7.63. The fourth-order valence-corrected chi connectivity index (χ4v) is 9.02. The van der Waals surface area contributed by atoms with E-state index in [2.05, 4.69) is 32.2 Å². The summed E-state index contributed by atoms with van der Waals surface area (Å²) in [7, 11) is -15.0. The summed E-state index contributed by atoms with van der Waals surface area (Å²) in [6, 6.07) is 11.0. The highest BCUT2D eigenvalue weighted by Crippen LogP contribution is 2.56. The van der Waals surface area contributed by atoms with Crippen LogP contribution in [-0.4, -0.2) is 122 Å². The predicted octanol–water partition coefficient (Wildman–Crippen LogP) is 10.5. The van der Waals surface area contributed by atoms with Crippen molar-refractivity contribution in [3.8, 4) is 23.7 Å². The van der Waals surface area contributed by atoms with Crippen molar-refractivity contribution in [3.05, 3.63) is 94.0 Å². The number of hydrogen-bond donors (Lipinski definition) is 0. The van der Waals surface area contributed by atoms with Gasteiger partial charge in [0.05, 0.1) is 22.3 Å². The first-order valence-corrected chi connectivity index (χ1v) is 26.0. The second kappa shape index (κ2) is 23.8. The quantitative estimate of drug-likeness (QED) is 0.0281. The van der Waals surface area contributed by atoms with Crippen LogP contribution in [0.2, 0.25) is 0 Å². The third kappa shape index (κ3) is 12.0. The maximum absolute atomic E-state index is 14.3. The molecular weight excluding hydrogens is 1230 g/mol. The number of carbonyl (C=O) groups excluding carboxylic acids is 6. The Labute approximate surface area is 461 Å². The largest absolute Gasteiger partial charge is 0.460 e. The van der Waals surface area contributed by atoms with Gasteiger partial charge in [-0.25, -0.2) is 0 Å². The maximum atomic E-state index is 14.3. The highest BCUT2D eigenvalue weighted by molar-refractivity contribution is 7.88. The van der Waals surface area contributed by atoms with E-state index in [4.69, 9.17) is 9.47 Å². The lowest BCUT2D eigenvalue weighted by molar-refractivity contribution is -0.383. The Bertz CT molecular complexity index is 3650. The third-order valence-corrected chi connectivity index (χ3v) is 14.1. The first-order valence-electron chi connectivity index (χ1n) is 23.2. The summed E-state index contributed by atoms with van der Waals surface area (Å²) in [5, 5.41) is -16.5. The Morgan fingerprint density at radius 3 is 1.18 bits per heavy atom. The van der Waals surface area contributed by atoms with Gasteiger partial charge in [-0.15, -0.1) is 18.7 Å². The molecule has 35 heteroatoms. The van der Waals surface area contributed by atoms with E-state index in [1.807, 2.05) is 6.92 Å². The molecule has 2 aliphatic rings. The molecule has 0 atom stereocenters. The standard InChI is InChI=1S/C26H21F8NO7S.C23H14F9NO7S/c1-3-4-5-11-19(36)41-14-7-8-15-12-13-18-20-16(15)9-6-10-17(20)21(37)35(22(18)38)42-43(39,40)26(33,34)25(31,32)24(29,30)23(2,27)28;1-2-5-16(34)39-11-4-6-12-9-10-15-17-13(12)7-3-8-14(17)18(35)33(19(15)36)40-41(37,38)23(31,32)21(26,27)20(24,25)22(28,29)30/h6,9-10,12-13H,3-5,11,14H2,1-2H3;3,7-10H,2,5,11H2,1H3. The number of unbranched alkanes of at least 4 members (excludes halogenated alkanes) is 2. The van der Waals surface area contributed by atoms with E-state index in [-0.39, 0.29) is 58.7 Å². The van der Waals surface area contributed by atoms with Gasteiger partial charge < -0.3 is 9.47 Å². The molecule has 0 unspecified atom stereocenters. The van der Waals surface area contributed by atoms with Crippen molar-refractivity contribution in [2.24, 2.45) is 0 Å². The second-order valence-electron chi connectivity index (χ2n) is 17.5. The van der Waals surface area contributed by atoms with Crippen molar-refractivity contribution in [3.63, 3.8) is 0 Å². The van der Waals surface area contributed by atoms with E-state index in [1.54, 1.807) is 6.92 Å². The van der Waals surface area contributed by atoms with Gasteiger partial charge in [0.25, 0.3) is 23.6 Å². The van der Waals surface area contributed by atoms with Gasteiger partial charge in [-0.1, -0.05) is 74.6 Å². The molecule has 0 aromatic heterocycles. The van der Waals surface area contributed by atoms with Crippen LogP contribution in [0.5, 0.6) is 0 Å². The van der Waals surface area contributed by atoms with Crippen molar-refractivity contribution in [1.29, 1.82) is 0 Å². The van der Waals surface area contributed by atoms with Crippen LogP contribution in [0, 0.1) is 23.7 Å². The lowest BCUT2D eigenvalue weighted by atomic mass is 9.92. The molecule has 6 rings (SSSR count). The maximum Gasteiger partial charge on any atom is 0.460 e. The number of carbonyl (C=O) groups is 6. The lowest BCUT2D eigenvalue weighted by Gasteiger charge is -2.35. The third-order valence-electron chi connectivity index (χ3n) is 11.6. The van der Waals surface area contributed by atoms with Crippen LogP contribution in [0.3, 0.4) is 0 Å². The minimum Gasteiger partial charge on any atom is -0.452 e. The van der Waals surface area contributed by atoms with Crippen LogP contribution in [-0.2, 0) is 47.9 Å². The predicted molar refractivity (Wildman–Crippen MR) is 250 cm³/mol.